The van der Waals surface area contributed by atoms with Crippen molar-refractivity contribution in [3.63, 3.8) is 0 Å². The van der Waals surface area contributed by atoms with Gasteiger partial charge in [0.1, 0.15) is 0 Å². The summed E-state index contributed by atoms with van der Waals surface area (Å²) >= 11 is 0. The number of hydrogen-bond acceptors (Lipinski definition) is 3. The number of aliphatic hydroxyl groups excluding tert-OH is 1. The van der Waals surface area contributed by atoms with Crippen LogP contribution in [0.4, 0.5) is 0 Å². The Bertz CT molecular complexity index is 268. The molecule has 1 atom stereocenters. The molecule has 1 rings (SSSR count). The van der Waals surface area contributed by atoms with Gasteiger partial charge in [0.25, 0.3) is 0 Å². The Hall–Kier alpha value is -0.870. The third-order valence-corrected chi connectivity index (χ3v) is 3.09. The molecule has 0 aromatic carbocycles. The number of aryl methyl sites for hydroxylation is 1. The molecule has 4 heteroatoms. The van der Waals surface area contributed by atoms with E-state index in [1.165, 1.54) is 0 Å². The Balaban J connectivity index is 2.08. The zero-order valence-corrected chi connectivity index (χ0v) is 10.3. The van der Waals surface area contributed by atoms with Crippen molar-refractivity contribution >= 4 is 0 Å². The van der Waals surface area contributed by atoms with Crippen molar-refractivity contribution in [3.05, 3.63) is 18.5 Å². The van der Waals surface area contributed by atoms with E-state index in [1.54, 1.807) is 6.20 Å². The molecule has 0 aliphatic carbocycles. The lowest BCUT2D eigenvalue weighted by molar-refractivity contribution is 0.135. The molecule has 4 nitrogen and oxygen atoms in total. The largest absolute Gasteiger partial charge is 0.396 e. The zero-order valence-electron chi connectivity index (χ0n) is 10.3. The Labute approximate surface area is 97.7 Å². The van der Waals surface area contributed by atoms with Gasteiger partial charge in [0.2, 0.25) is 0 Å². The Morgan fingerprint density at radius 2 is 2.31 bits per heavy atom. The van der Waals surface area contributed by atoms with E-state index in [9.17, 15) is 5.11 Å². The molecule has 0 aliphatic heterocycles. The molecule has 0 amide bonds. The van der Waals surface area contributed by atoms with E-state index < -0.39 is 0 Å². The van der Waals surface area contributed by atoms with Crippen LogP contribution in [0.15, 0.2) is 18.5 Å². The van der Waals surface area contributed by atoms with Gasteiger partial charge in [-0.25, -0.2) is 0 Å². The van der Waals surface area contributed by atoms with E-state index in [4.69, 9.17) is 0 Å². The quantitative estimate of drug-likeness (QED) is 0.655. The van der Waals surface area contributed by atoms with Crippen LogP contribution in [0.5, 0.6) is 0 Å². The van der Waals surface area contributed by atoms with Crippen LogP contribution in [0, 0.1) is 5.41 Å². The van der Waals surface area contributed by atoms with Crippen molar-refractivity contribution in [2.45, 2.75) is 33.2 Å². The first-order valence-corrected chi connectivity index (χ1v) is 5.99. The highest BCUT2D eigenvalue weighted by Gasteiger charge is 2.19. The lowest BCUT2D eigenvalue weighted by atomic mass is 9.89. The van der Waals surface area contributed by atoms with Crippen molar-refractivity contribution in [1.29, 1.82) is 0 Å². The summed E-state index contributed by atoms with van der Waals surface area (Å²) in [6, 6.07) is 1.94. The van der Waals surface area contributed by atoms with Gasteiger partial charge in [-0.05, 0) is 25.5 Å². The van der Waals surface area contributed by atoms with E-state index >= 15 is 0 Å². The van der Waals surface area contributed by atoms with Crippen molar-refractivity contribution in [1.82, 2.24) is 15.1 Å². The minimum absolute atomic E-state index is 0.0195. The Morgan fingerprint density at radius 3 is 2.88 bits per heavy atom. The van der Waals surface area contributed by atoms with Crippen LogP contribution >= 0.6 is 0 Å². The highest BCUT2D eigenvalue weighted by atomic mass is 16.3. The van der Waals surface area contributed by atoms with Gasteiger partial charge in [0.05, 0.1) is 0 Å². The van der Waals surface area contributed by atoms with Gasteiger partial charge in [-0.2, -0.15) is 5.10 Å². The smallest absolute Gasteiger partial charge is 0.0496 e. The van der Waals surface area contributed by atoms with Crippen LogP contribution in [0.1, 0.15) is 26.7 Å². The zero-order chi connectivity index (χ0) is 11.9. The van der Waals surface area contributed by atoms with Gasteiger partial charge in [-0.1, -0.05) is 13.8 Å². The molecule has 0 saturated carbocycles. The molecule has 0 saturated heterocycles. The second-order valence-electron chi connectivity index (χ2n) is 4.62. The van der Waals surface area contributed by atoms with Crippen molar-refractivity contribution in [3.8, 4) is 0 Å². The third-order valence-electron chi connectivity index (χ3n) is 3.09. The lowest BCUT2D eigenvalue weighted by Gasteiger charge is -2.25. The molecule has 1 aromatic heterocycles. The molecular weight excluding hydrogens is 202 g/mol. The molecule has 16 heavy (non-hydrogen) atoms. The average Bonchev–Trinajstić information content (AvgIpc) is 2.81. The predicted molar refractivity (Wildman–Crippen MR) is 65.2 cm³/mol. The number of rotatable bonds is 8. The van der Waals surface area contributed by atoms with Crippen LogP contribution in [0.2, 0.25) is 0 Å². The molecule has 0 bridgehead atoms. The number of aromatic nitrogens is 2. The fraction of sp³-hybridized carbons (Fsp3) is 0.750. The highest BCUT2D eigenvalue weighted by molar-refractivity contribution is 4.78. The summed E-state index contributed by atoms with van der Waals surface area (Å²) in [6.07, 6.45) is 5.83. The van der Waals surface area contributed by atoms with Crippen LogP contribution in [-0.2, 0) is 6.54 Å². The molecule has 1 heterocycles. The summed E-state index contributed by atoms with van der Waals surface area (Å²) in [5.41, 5.74) is 0.0195. The van der Waals surface area contributed by atoms with Crippen molar-refractivity contribution < 1.29 is 5.11 Å². The van der Waals surface area contributed by atoms with Crippen molar-refractivity contribution in [2.24, 2.45) is 5.41 Å². The van der Waals surface area contributed by atoms with Gasteiger partial charge < -0.3 is 10.4 Å². The Kier molecular flexibility index (Phi) is 5.49. The first kappa shape index (κ1) is 13.2. The van der Waals surface area contributed by atoms with Gasteiger partial charge in [-0.15, -0.1) is 0 Å². The standard InChI is InChI=1S/C12H23N3O/c1-3-12(2,11-16)10-13-6-4-8-15-9-5-7-14-15/h5,7,9,13,16H,3-4,6,8,10-11H2,1-2H3. The topological polar surface area (TPSA) is 50.1 Å². The maximum absolute atomic E-state index is 9.24. The molecular formula is C12H23N3O. The molecule has 92 valence electrons. The first-order chi connectivity index (χ1) is 7.70. The minimum Gasteiger partial charge on any atom is -0.396 e. The fourth-order valence-electron chi connectivity index (χ4n) is 1.48. The van der Waals surface area contributed by atoms with Crippen LogP contribution in [0.25, 0.3) is 0 Å². The molecule has 1 unspecified atom stereocenters. The first-order valence-electron chi connectivity index (χ1n) is 5.99. The van der Waals surface area contributed by atoms with E-state index in [0.717, 1.165) is 32.5 Å². The Morgan fingerprint density at radius 1 is 1.50 bits per heavy atom. The van der Waals surface area contributed by atoms with Gasteiger partial charge in [0.15, 0.2) is 0 Å². The number of aliphatic hydroxyl groups is 1. The van der Waals surface area contributed by atoms with Crippen molar-refractivity contribution in [2.75, 3.05) is 19.7 Å². The summed E-state index contributed by atoms with van der Waals surface area (Å²) in [5.74, 6) is 0. The highest BCUT2D eigenvalue weighted by Crippen LogP contribution is 2.18. The third kappa shape index (κ3) is 4.33. The normalized spacial score (nSPS) is 14.9. The van der Waals surface area contributed by atoms with Gasteiger partial charge in [-0.3, -0.25) is 4.68 Å². The van der Waals surface area contributed by atoms with Crippen LogP contribution < -0.4 is 5.32 Å². The monoisotopic (exact) mass is 225 g/mol. The molecule has 0 aliphatic rings. The van der Waals surface area contributed by atoms with E-state index in [1.807, 2.05) is 16.9 Å². The second kappa shape index (κ2) is 6.66. The van der Waals surface area contributed by atoms with Crippen LogP contribution in [-0.4, -0.2) is 34.6 Å². The molecule has 0 radical (unpaired) electrons. The summed E-state index contributed by atoms with van der Waals surface area (Å²) in [4.78, 5) is 0. The predicted octanol–water partition coefficient (Wildman–Crippen LogP) is 1.27. The van der Waals surface area contributed by atoms with Crippen LogP contribution in [0.3, 0.4) is 0 Å². The number of nitrogens with one attached hydrogen (secondary N) is 1. The number of hydrogen-bond donors (Lipinski definition) is 2. The maximum atomic E-state index is 9.24. The molecule has 1 aromatic rings. The fourth-order valence-corrected chi connectivity index (χ4v) is 1.48. The number of nitrogens with zero attached hydrogens (tertiary/aromatic N) is 2. The lowest BCUT2D eigenvalue weighted by Crippen LogP contribution is -2.35. The second-order valence-corrected chi connectivity index (χ2v) is 4.62. The summed E-state index contributed by atoms with van der Waals surface area (Å²) < 4.78 is 1.94. The summed E-state index contributed by atoms with van der Waals surface area (Å²) in [5, 5.41) is 16.8. The summed E-state index contributed by atoms with van der Waals surface area (Å²) in [7, 11) is 0. The van der Waals surface area contributed by atoms with Gasteiger partial charge in [0, 0.05) is 37.5 Å². The average molecular weight is 225 g/mol. The van der Waals surface area contributed by atoms with E-state index in [-0.39, 0.29) is 12.0 Å². The van der Waals surface area contributed by atoms with E-state index in [2.05, 4.69) is 24.3 Å². The van der Waals surface area contributed by atoms with E-state index in [0.29, 0.717) is 0 Å². The SMILES string of the molecule is CCC(C)(CO)CNCCCn1cccn1. The molecule has 2 N–H and O–H groups in total. The maximum Gasteiger partial charge on any atom is 0.0496 e. The van der Waals surface area contributed by atoms with Gasteiger partial charge >= 0.3 is 0 Å². The minimum atomic E-state index is 0.0195. The molecule has 0 fully saturated rings. The summed E-state index contributed by atoms with van der Waals surface area (Å²) in [6.45, 7) is 7.25. The molecule has 0 spiro atoms.